The summed E-state index contributed by atoms with van der Waals surface area (Å²) >= 11 is 5.82. The van der Waals surface area contributed by atoms with E-state index in [2.05, 4.69) is 10.4 Å². The first-order chi connectivity index (χ1) is 12.4. The molecule has 0 aliphatic rings. The molecule has 1 N–H and O–H groups in total. The van der Waals surface area contributed by atoms with Crippen LogP contribution in [0.3, 0.4) is 0 Å². The SMILES string of the molecule is Cn1cc(C(=O)Nc2ccccc2-c2ccc(F)c(Cl)c2)c(C(F)F)n1. The molecule has 0 saturated carbocycles. The second-order valence-electron chi connectivity index (χ2n) is 5.53. The van der Waals surface area contributed by atoms with Crippen molar-refractivity contribution in [2.45, 2.75) is 6.43 Å². The van der Waals surface area contributed by atoms with Gasteiger partial charge in [-0.1, -0.05) is 35.9 Å². The van der Waals surface area contributed by atoms with Gasteiger partial charge in [-0.3, -0.25) is 9.48 Å². The summed E-state index contributed by atoms with van der Waals surface area (Å²) in [7, 11) is 1.46. The number of rotatable bonds is 4. The maximum Gasteiger partial charge on any atom is 0.282 e. The van der Waals surface area contributed by atoms with Gasteiger partial charge in [0.2, 0.25) is 0 Å². The topological polar surface area (TPSA) is 46.9 Å². The predicted octanol–water partition coefficient (Wildman–Crippen LogP) is 5.07. The fourth-order valence-corrected chi connectivity index (χ4v) is 2.72. The Balaban J connectivity index is 1.96. The number of amides is 1. The Morgan fingerprint density at radius 1 is 1.23 bits per heavy atom. The standard InChI is InChI=1S/C18H13ClF3N3O/c1-25-9-12(16(24-25)17(21)22)18(26)23-15-5-3-2-4-11(15)10-6-7-14(20)13(19)8-10/h2-9,17H,1H3,(H,23,26). The molecule has 0 unspecified atom stereocenters. The summed E-state index contributed by atoms with van der Waals surface area (Å²) in [6.45, 7) is 0. The second kappa shape index (κ2) is 7.21. The first-order valence-corrected chi connectivity index (χ1v) is 7.92. The fourth-order valence-electron chi connectivity index (χ4n) is 2.54. The Bertz CT molecular complexity index is 972. The van der Waals surface area contributed by atoms with E-state index < -0.39 is 23.8 Å². The van der Waals surface area contributed by atoms with E-state index in [9.17, 15) is 18.0 Å². The van der Waals surface area contributed by atoms with E-state index in [1.54, 1.807) is 24.3 Å². The lowest BCUT2D eigenvalue weighted by molar-refractivity contribution is 0.101. The van der Waals surface area contributed by atoms with E-state index >= 15 is 0 Å². The van der Waals surface area contributed by atoms with Crippen LogP contribution in [0.15, 0.2) is 48.7 Å². The summed E-state index contributed by atoms with van der Waals surface area (Å²) < 4.78 is 40.7. The summed E-state index contributed by atoms with van der Waals surface area (Å²) in [5.74, 6) is -1.28. The molecule has 0 fully saturated rings. The van der Waals surface area contributed by atoms with Crippen LogP contribution in [0, 0.1) is 5.82 Å². The number of aryl methyl sites for hydroxylation is 1. The van der Waals surface area contributed by atoms with E-state index in [-0.39, 0.29) is 10.6 Å². The van der Waals surface area contributed by atoms with Crippen LogP contribution in [0.1, 0.15) is 22.5 Å². The van der Waals surface area contributed by atoms with E-state index in [1.165, 1.54) is 31.4 Å². The Labute approximate surface area is 152 Å². The largest absolute Gasteiger partial charge is 0.321 e. The van der Waals surface area contributed by atoms with Gasteiger partial charge >= 0.3 is 0 Å². The van der Waals surface area contributed by atoms with Gasteiger partial charge in [0, 0.05) is 24.5 Å². The number of hydrogen-bond donors (Lipinski definition) is 1. The van der Waals surface area contributed by atoms with Crippen molar-refractivity contribution in [3.05, 3.63) is 70.8 Å². The first-order valence-electron chi connectivity index (χ1n) is 7.54. The third-order valence-electron chi connectivity index (χ3n) is 3.71. The number of para-hydroxylation sites is 1. The van der Waals surface area contributed by atoms with Crippen LogP contribution in [0.5, 0.6) is 0 Å². The molecule has 0 radical (unpaired) electrons. The van der Waals surface area contributed by atoms with Crippen molar-refractivity contribution in [1.29, 1.82) is 0 Å². The number of alkyl halides is 2. The number of benzene rings is 2. The molecule has 0 saturated heterocycles. The number of carbonyl (C=O) groups is 1. The van der Waals surface area contributed by atoms with Crippen LogP contribution in [0.2, 0.25) is 5.02 Å². The summed E-state index contributed by atoms with van der Waals surface area (Å²) in [6, 6.07) is 10.9. The van der Waals surface area contributed by atoms with Crippen molar-refractivity contribution in [1.82, 2.24) is 9.78 Å². The minimum absolute atomic E-state index is 0.0594. The Morgan fingerprint density at radius 2 is 1.96 bits per heavy atom. The van der Waals surface area contributed by atoms with Gasteiger partial charge in [0.1, 0.15) is 11.5 Å². The monoisotopic (exact) mass is 379 g/mol. The van der Waals surface area contributed by atoms with E-state index in [0.29, 0.717) is 16.8 Å². The lowest BCUT2D eigenvalue weighted by Gasteiger charge is -2.12. The molecule has 0 aliphatic heterocycles. The average molecular weight is 380 g/mol. The van der Waals surface area contributed by atoms with Crippen LogP contribution < -0.4 is 5.32 Å². The minimum Gasteiger partial charge on any atom is -0.321 e. The fraction of sp³-hybridized carbons (Fsp3) is 0.111. The molecule has 3 rings (SSSR count). The highest BCUT2D eigenvalue weighted by Crippen LogP contribution is 2.31. The molecule has 0 aliphatic carbocycles. The molecule has 26 heavy (non-hydrogen) atoms. The van der Waals surface area contributed by atoms with Crippen molar-refractivity contribution < 1.29 is 18.0 Å². The molecule has 8 heteroatoms. The van der Waals surface area contributed by atoms with Gasteiger partial charge in [0.15, 0.2) is 0 Å². The smallest absolute Gasteiger partial charge is 0.282 e. The van der Waals surface area contributed by atoms with Gasteiger partial charge in [-0.05, 0) is 23.8 Å². The number of hydrogen-bond acceptors (Lipinski definition) is 2. The highest BCUT2D eigenvalue weighted by Gasteiger charge is 2.23. The molecule has 1 amide bonds. The van der Waals surface area contributed by atoms with Gasteiger partial charge in [-0.15, -0.1) is 0 Å². The number of carbonyl (C=O) groups excluding carboxylic acids is 1. The summed E-state index contributed by atoms with van der Waals surface area (Å²) in [5, 5.41) is 6.17. The quantitative estimate of drug-likeness (QED) is 0.688. The van der Waals surface area contributed by atoms with Crippen molar-refractivity contribution in [3.8, 4) is 11.1 Å². The van der Waals surface area contributed by atoms with Crippen LogP contribution >= 0.6 is 11.6 Å². The van der Waals surface area contributed by atoms with Crippen molar-refractivity contribution >= 4 is 23.2 Å². The van der Waals surface area contributed by atoms with E-state index in [4.69, 9.17) is 11.6 Å². The number of nitrogens with one attached hydrogen (secondary N) is 1. The molecule has 3 aromatic rings. The number of nitrogens with zero attached hydrogens (tertiary/aromatic N) is 2. The normalized spacial score (nSPS) is 11.0. The first kappa shape index (κ1) is 18.0. The lowest BCUT2D eigenvalue weighted by Crippen LogP contribution is -2.14. The molecular weight excluding hydrogens is 367 g/mol. The van der Waals surface area contributed by atoms with Gasteiger partial charge in [0.25, 0.3) is 12.3 Å². The van der Waals surface area contributed by atoms with Gasteiger partial charge in [0.05, 0.1) is 10.6 Å². The van der Waals surface area contributed by atoms with Gasteiger partial charge in [-0.25, -0.2) is 13.2 Å². The van der Waals surface area contributed by atoms with Gasteiger partial charge in [-0.2, -0.15) is 5.10 Å². The van der Waals surface area contributed by atoms with Gasteiger partial charge < -0.3 is 5.32 Å². The Morgan fingerprint density at radius 3 is 2.65 bits per heavy atom. The van der Waals surface area contributed by atoms with E-state index in [1.807, 2.05) is 0 Å². The second-order valence-corrected chi connectivity index (χ2v) is 5.94. The summed E-state index contributed by atoms with van der Waals surface area (Å²) in [5.41, 5.74) is 0.726. The van der Waals surface area contributed by atoms with Crippen molar-refractivity contribution in [3.63, 3.8) is 0 Å². The van der Waals surface area contributed by atoms with Crippen LogP contribution in [0.4, 0.5) is 18.9 Å². The molecule has 0 atom stereocenters. The Kier molecular flexibility index (Phi) is 4.99. The third-order valence-corrected chi connectivity index (χ3v) is 4.00. The third kappa shape index (κ3) is 3.57. The average Bonchev–Trinajstić information content (AvgIpc) is 3.00. The van der Waals surface area contributed by atoms with Crippen molar-refractivity contribution in [2.24, 2.45) is 7.05 Å². The molecule has 2 aromatic carbocycles. The van der Waals surface area contributed by atoms with Crippen LogP contribution in [0.25, 0.3) is 11.1 Å². The van der Waals surface area contributed by atoms with Crippen LogP contribution in [-0.4, -0.2) is 15.7 Å². The van der Waals surface area contributed by atoms with Crippen molar-refractivity contribution in [2.75, 3.05) is 5.32 Å². The zero-order chi connectivity index (χ0) is 18.8. The zero-order valence-corrected chi connectivity index (χ0v) is 14.3. The molecule has 134 valence electrons. The molecule has 0 spiro atoms. The molecule has 1 heterocycles. The molecule has 0 bridgehead atoms. The molecular formula is C18H13ClF3N3O. The molecule has 4 nitrogen and oxygen atoms in total. The van der Waals surface area contributed by atoms with E-state index in [0.717, 1.165) is 4.68 Å². The summed E-state index contributed by atoms with van der Waals surface area (Å²) in [6.07, 6.45) is -1.64. The maximum absolute atomic E-state index is 13.4. The highest BCUT2D eigenvalue weighted by atomic mass is 35.5. The zero-order valence-electron chi connectivity index (χ0n) is 13.5. The lowest BCUT2D eigenvalue weighted by atomic mass is 10.0. The highest BCUT2D eigenvalue weighted by molar-refractivity contribution is 6.31. The molecule has 1 aromatic heterocycles. The summed E-state index contributed by atoms with van der Waals surface area (Å²) in [4.78, 5) is 12.5. The van der Waals surface area contributed by atoms with Crippen LogP contribution in [-0.2, 0) is 7.05 Å². The predicted molar refractivity (Wildman–Crippen MR) is 93.0 cm³/mol. The Hall–Kier alpha value is -2.80. The number of aromatic nitrogens is 2. The number of anilines is 1. The number of halogens is 4. The minimum atomic E-state index is -2.87. The maximum atomic E-state index is 13.4.